The lowest BCUT2D eigenvalue weighted by Gasteiger charge is -2.04. The van der Waals surface area contributed by atoms with E-state index in [1.807, 2.05) is 19.9 Å². The van der Waals surface area contributed by atoms with Crippen molar-refractivity contribution in [2.45, 2.75) is 40.5 Å². The molecule has 0 aliphatic carbocycles. The molecule has 0 amide bonds. The molecule has 0 bridgehead atoms. The number of carbonyl (C=O) groups is 1. The van der Waals surface area contributed by atoms with Gasteiger partial charge in [-0.25, -0.2) is 4.79 Å². The van der Waals surface area contributed by atoms with E-state index in [9.17, 15) is 4.79 Å². The number of esters is 1. The molecule has 0 aliphatic heterocycles. The minimum absolute atomic E-state index is 0.183. The van der Waals surface area contributed by atoms with E-state index in [0.29, 0.717) is 6.61 Å². The first-order valence-electron chi connectivity index (χ1n) is 5.07. The van der Waals surface area contributed by atoms with Crippen molar-refractivity contribution in [3.8, 4) is 0 Å². The molecule has 0 heterocycles. The Bertz CT molecular complexity index is 233. The second kappa shape index (κ2) is 7.36. The highest BCUT2D eigenvalue weighted by atomic mass is 16.5. The van der Waals surface area contributed by atoms with Gasteiger partial charge in [0.25, 0.3) is 0 Å². The summed E-state index contributed by atoms with van der Waals surface area (Å²) >= 11 is 0. The van der Waals surface area contributed by atoms with Crippen LogP contribution in [0, 0.1) is 0 Å². The number of allylic oxidation sites excluding steroid dienone is 3. The van der Waals surface area contributed by atoms with Gasteiger partial charge < -0.3 is 4.74 Å². The van der Waals surface area contributed by atoms with Gasteiger partial charge in [-0.3, -0.25) is 0 Å². The fraction of sp³-hybridized carbons (Fsp3) is 0.583. The van der Waals surface area contributed by atoms with Crippen LogP contribution in [0.25, 0.3) is 0 Å². The zero-order chi connectivity index (χ0) is 11.0. The molecular weight excluding hydrogens is 176 g/mol. The lowest BCUT2D eigenvalue weighted by molar-refractivity contribution is -0.138. The van der Waals surface area contributed by atoms with Crippen molar-refractivity contribution < 1.29 is 9.53 Å². The van der Waals surface area contributed by atoms with Gasteiger partial charge in [-0.1, -0.05) is 17.7 Å². The van der Waals surface area contributed by atoms with Crippen molar-refractivity contribution in [2.75, 3.05) is 6.61 Å². The molecule has 0 radical (unpaired) electrons. The highest BCUT2D eigenvalue weighted by Gasteiger charge is 2.07. The van der Waals surface area contributed by atoms with E-state index in [-0.39, 0.29) is 5.97 Å². The quantitative estimate of drug-likeness (QED) is 0.383. The van der Waals surface area contributed by atoms with Gasteiger partial charge in [0.05, 0.1) is 6.61 Å². The molecule has 80 valence electrons. The predicted octanol–water partition coefficient (Wildman–Crippen LogP) is 3.24. The van der Waals surface area contributed by atoms with Gasteiger partial charge >= 0.3 is 5.97 Å². The number of hydrogen-bond donors (Lipinski definition) is 0. The topological polar surface area (TPSA) is 26.3 Å². The lowest BCUT2D eigenvalue weighted by atomic mass is 10.1. The van der Waals surface area contributed by atoms with E-state index in [1.165, 1.54) is 5.57 Å². The molecule has 0 unspecified atom stereocenters. The lowest BCUT2D eigenvalue weighted by Crippen LogP contribution is -2.07. The maximum absolute atomic E-state index is 11.3. The Kier molecular flexibility index (Phi) is 6.81. The van der Waals surface area contributed by atoms with Crippen LogP contribution in [0.2, 0.25) is 0 Å². The Labute approximate surface area is 86.6 Å². The summed E-state index contributed by atoms with van der Waals surface area (Å²) in [7, 11) is 0. The smallest absolute Gasteiger partial charge is 0.333 e. The molecule has 0 saturated carbocycles. The van der Waals surface area contributed by atoms with Crippen molar-refractivity contribution >= 4 is 5.97 Å². The van der Waals surface area contributed by atoms with Crippen LogP contribution in [-0.2, 0) is 9.53 Å². The third kappa shape index (κ3) is 5.57. The Morgan fingerprint density at radius 3 is 2.43 bits per heavy atom. The Balaban J connectivity index is 4.05. The maximum Gasteiger partial charge on any atom is 0.333 e. The summed E-state index contributed by atoms with van der Waals surface area (Å²) in [6.07, 6.45) is 5.63. The summed E-state index contributed by atoms with van der Waals surface area (Å²) in [6.45, 7) is 8.24. The molecule has 0 rings (SSSR count). The average molecular weight is 196 g/mol. The Morgan fingerprint density at radius 2 is 2.00 bits per heavy atom. The van der Waals surface area contributed by atoms with Crippen molar-refractivity contribution in [2.24, 2.45) is 0 Å². The summed E-state index contributed by atoms with van der Waals surface area (Å²) < 4.78 is 4.92. The van der Waals surface area contributed by atoms with E-state index in [2.05, 4.69) is 19.9 Å². The van der Waals surface area contributed by atoms with Gasteiger partial charge in [-0.15, -0.1) is 0 Å². The van der Waals surface area contributed by atoms with E-state index >= 15 is 0 Å². The van der Waals surface area contributed by atoms with Crippen molar-refractivity contribution in [3.05, 3.63) is 23.3 Å². The predicted molar refractivity (Wildman–Crippen MR) is 59.1 cm³/mol. The number of ether oxygens (including phenoxy) is 1. The van der Waals surface area contributed by atoms with Crippen LogP contribution >= 0.6 is 0 Å². The van der Waals surface area contributed by atoms with Crippen molar-refractivity contribution in [1.29, 1.82) is 0 Å². The summed E-state index contributed by atoms with van der Waals surface area (Å²) in [6, 6.07) is 0. The van der Waals surface area contributed by atoms with Crippen LogP contribution < -0.4 is 0 Å². The fourth-order valence-electron chi connectivity index (χ4n) is 1.10. The highest BCUT2D eigenvalue weighted by Crippen LogP contribution is 2.09. The average Bonchev–Trinajstić information content (AvgIpc) is 2.12. The first-order valence-corrected chi connectivity index (χ1v) is 5.07. The van der Waals surface area contributed by atoms with Gasteiger partial charge in [-0.2, -0.15) is 0 Å². The zero-order valence-electron chi connectivity index (χ0n) is 9.59. The van der Waals surface area contributed by atoms with Crippen LogP contribution in [-0.4, -0.2) is 12.6 Å². The molecule has 0 aromatic heterocycles. The fourth-order valence-corrected chi connectivity index (χ4v) is 1.10. The molecule has 2 heteroatoms. The van der Waals surface area contributed by atoms with Crippen LogP contribution in [0.4, 0.5) is 0 Å². The molecule has 0 aliphatic rings. The summed E-state index contributed by atoms with van der Waals surface area (Å²) in [5.41, 5.74) is 2.05. The summed E-state index contributed by atoms with van der Waals surface area (Å²) in [4.78, 5) is 11.3. The third-order valence-corrected chi connectivity index (χ3v) is 1.85. The monoisotopic (exact) mass is 196 g/mol. The molecule has 0 fully saturated rings. The van der Waals surface area contributed by atoms with Gasteiger partial charge in [0.2, 0.25) is 0 Å². The largest absolute Gasteiger partial charge is 0.463 e. The van der Waals surface area contributed by atoms with Crippen LogP contribution in [0.15, 0.2) is 23.3 Å². The van der Waals surface area contributed by atoms with Crippen LogP contribution in [0.5, 0.6) is 0 Å². The van der Waals surface area contributed by atoms with Crippen molar-refractivity contribution in [3.63, 3.8) is 0 Å². The van der Waals surface area contributed by atoms with Gasteiger partial charge in [0.15, 0.2) is 0 Å². The second-order valence-electron chi connectivity index (χ2n) is 3.35. The minimum atomic E-state index is -0.183. The molecule has 14 heavy (non-hydrogen) atoms. The molecule has 0 spiro atoms. The SMILES string of the molecule is CC=C(CCC=C(C)C)C(=O)OCC. The molecule has 0 saturated heterocycles. The first kappa shape index (κ1) is 12.9. The molecule has 0 N–H and O–H groups in total. The number of rotatable bonds is 5. The number of carbonyl (C=O) groups excluding carboxylic acids is 1. The van der Waals surface area contributed by atoms with E-state index in [1.54, 1.807) is 0 Å². The number of hydrogen-bond acceptors (Lipinski definition) is 2. The standard InChI is InChI=1S/C12H20O2/c1-5-11(12(13)14-6-2)9-7-8-10(3)4/h5,8H,6-7,9H2,1-4H3. The van der Waals surface area contributed by atoms with Crippen LogP contribution in [0.3, 0.4) is 0 Å². The molecule has 0 aromatic rings. The van der Waals surface area contributed by atoms with Gasteiger partial charge in [0, 0.05) is 5.57 Å². The maximum atomic E-state index is 11.3. The third-order valence-electron chi connectivity index (χ3n) is 1.85. The Morgan fingerprint density at radius 1 is 1.36 bits per heavy atom. The van der Waals surface area contributed by atoms with Crippen molar-refractivity contribution in [1.82, 2.24) is 0 Å². The second-order valence-corrected chi connectivity index (χ2v) is 3.35. The molecule has 0 aromatic carbocycles. The molecule has 2 nitrogen and oxygen atoms in total. The first-order chi connectivity index (χ1) is 6.61. The Hall–Kier alpha value is -1.05. The van der Waals surface area contributed by atoms with Gasteiger partial charge in [-0.05, 0) is 40.5 Å². The zero-order valence-corrected chi connectivity index (χ0v) is 9.59. The minimum Gasteiger partial charge on any atom is -0.463 e. The van der Waals surface area contributed by atoms with E-state index in [4.69, 9.17) is 4.74 Å². The van der Waals surface area contributed by atoms with E-state index < -0.39 is 0 Å². The highest BCUT2D eigenvalue weighted by molar-refractivity contribution is 5.88. The van der Waals surface area contributed by atoms with Gasteiger partial charge in [0.1, 0.15) is 0 Å². The summed E-state index contributed by atoms with van der Waals surface area (Å²) in [5.74, 6) is -0.183. The molecule has 0 atom stereocenters. The van der Waals surface area contributed by atoms with Crippen LogP contribution in [0.1, 0.15) is 40.5 Å². The normalized spacial score (nSPS) is 11.0. The summed E-state index contributed by atoms with van der Waals surface area (Å²) in [5, 5.41) is 0. The van der Waals surface area contributed by atoms with E-state index in [0.717, 1.165) is 18.4 Å². The molecular formula is C12H20O2.